The number of piperazine rings is 1. The van der Waals surface area contributed by atoms with Crippen molar-refractivity contribution in [3.05, 3.63) is 82.8 Å². The second-order valence-electron chi connectivity index (χ2n) is 8.55. The molecule has 2 heterocycles. The number of rotatable bonds is 7. The minimum Gasteiger partial charge on any atom is -0.366 e. The number of nitrogens with zero attached hydrogens (tertiary/aromatic N) is 4. The Kier molecular flexibility index (Phi) is 7.07. The summed E-state index contributed by atoms with van der Waals surface area (Å²) in [6, 6.07) is 17.4. The molecule has 0 aliphatic carbocycles. The molecule has 0 unspecified atom stereocenters. The van der Waals surface area contributed by atoms with Gasteiger partial charge in [0, 0.05) is 50.4 Å². The average Bonchev–Trinajstić information content (AvgIpc) is 2.81. The minimum atomic E-state index is -3.46. The van der Waals surface area contributed by atoms with E-state index in [1.165, 1.54) is 5.56 Å². The fraction of sp³-hybridized carbons (Fsp3) is 0.360. The van der Waals surface area contributed by atoms with Gasteiger partial charge in [0.05, 0.1) is 4.90 Å². The third-order valence-corrected chi connectivity index (χ3v) is 7.95. The van der Waals surface area contributed by atoms with Crippen molar-refractivity contribution in [2.24, 2.45) is 0 Å². The lowest BCUT2D eigenvalue weighted by Gasteiger charge is -2.31. The molecule has 2 aromatic carbocycles. The molecule has 3 aromatic rings. The summed E-state index contributed by atoms with van der Waals surface area (Å²) in [6.07, 6.45) is 0.748. The molecule has 0 atom stereocenters. The lowest BCUT2D eigenvalue weighted by atomic mass is 10.0. The smallest absolute Gasteiger partial charge is 0.243 e. The third-order valence-electron chi connectivity index (χ3n) is 6.03. The zero-order chi connectivity index (χ0) is 23.4. The molecule has 33 heavy (non-hydrogen) atoms. The van der Waals surface area contributed by atoms with E-state index >= 15 is 0 Å². The molecule has 4 rings (SSSR count). The SMILES string of the molecule is Cc1nc(C)c(Cc2ccccc2)c(NCc2ccc(S(=O)(=O)N3CCN(C)CC3)cc2)n1. The van der Waals surface area contributed by atoms with Gasteiger partial charge in [0.15, 0.2) is 0 Å². The lowest BCUT2D eigenvalue weighted by Crippen LogP contribution is -2.46. The van der Waals surface area contributed by atoms with E-state index in [9.17, 15) is 8.42 Å². The van der Waals surface area contributed by atoms with Gasteiger partial charge in [-0.05, 0) is 44.2 Å². The fourth-order valence-corrected chi connectivity index (χ4v) is 5.46. The number of sulfonamides is 1. The van der Waals surface area contributed by atoms with Crippen LogP contribution in [0.15, 0.2) is 59.5 Å². The van der Waals surface area contributed by atoms with Crippen LogP contribution in [-0.4, -0.2) is 60.8 Å². The summed E-state index contributed by atoms with van der Waals surface area (Å²) >= 11 is 0. The Balaban J connectivity index is 1.47. The first-order chi connectivity index (χ1) is 15.8. The van der Waals surface area contributed by atoms with Gasteiger partial charge in [0.25, 0.3) is 0 Å². The number of benzene rings is 2. The number of hydrogen-bond acceptors (Lipinski definition) is 6. The monoisotopic (exact) mass is 465 g/mol. The quantitative estimate of drug-likeness (QED) is 0.577. The van der Waals surface area contributed by atoms with Crippen molar-refractivity contribution in [3.8, 4) is 0 Å². The highest BCUT2D eigenvalue weighted by atomic mass is 32.2. The van der Waals surface area contributed by atoms with Gasteiger partial charge in [0.1, 0.15) is 11.6 Å². The summed E-state index contributed by atoms with van der Waals surface area (Å²) in [5.41, 5.74) is 4.23. The maximum absolute atomic E-state index is 13.0. The summed E-state index contributed by atoms with van der Waals surface area (Å²) in [7, 11) is -1.44. The number of anilines is 1. The van der Waals surface area contributed by atoms with Crippen LogP contribution >= 0.6 is 0 Å². The molecule has 8 heteroatoms. The predicted octanol–water partition coefficient (Wildman–Crippen LogP) is 3.23. The number of aromatic nitrogens is 2. The number of hydrogen-bond donors (Lipinski definition) is 1. The maximum Gasteiger partial charge on any atom is 0.243 e. The highest BCUT2D eigenvalue weighted by Gasteiger charge is 2.27. The third kappa shape index (κ3) is 5.58. The van der Waals surface area contributed by atoms with Crippen molar-refractivity contribution in [1.29, 1.82) is 0 Å². The normalized spacial score (nSPS) is 15.5. The van der Waals surface area contributed by atoms with Gasteiger partial charge in [-0.3, -0.25) is 0 Å². The van der Waals surface area contributed by atoms with Crippen LogP contribution in [0.4, 0.5) is 5.82 Å². The Bertz CT molecular complexity index is 1190. The van der Waals surface area contributed by atoms with Crippen LogP contribution in [0.3, 0.4) is 0 Å². The molecule has 1 saturated heterocycles. The first-order valence-corrected chi connectivity index (χ1v) is 12.7. The molecule has 1 aliphatic heterocycles. The summed E-state index contributed by atoms with van der Waals surface area (Å²) in [4.78, 5) is 11.7. The first kappa shape index (κ1) is 23.4. The van der Waals surface area contributed by atoms with Crippen LogP contribution in [0.1, 0.15) is 28.2 Å². The Hall–Kier alpha value is -2.81. The molecule has 0 saturated carbocycles. The Morgan fingerprint density at radius 2 is 1.55 bits per heavy atom. The first-order valence-electron chi connectivity index (χ1n) is 11.2. The van der Waals surface area contributed by atoms with Gasteiger partial charge in [-0.15, -0.1) is 0 Å². The molecular weight excluding hydrogens is 434 g/mol. The molecule has 0 spiro atoms. The minimum absolute atomic E-state index is 0.342. The van der Waals surface area contributed by atoms with Crippen molar-refractivity contribution in [3.63, 3.8) is 0 Å². The number of nitrogens with one attached hydrogen (secondary N) is 1. The highest BCUT2D eigenvalue weighted by Crippen LogP contribution is 2.22. The van der Waals surface area contributed by atoms with Crippen LogP contribution in [0.25, 0.3) is 0 Å². The van der Waals surface area contributed by atoms with Crippen molar-refractivity contribution in [1.82, 2.24) is 19.2 Å². The summed E-state index contributed by atoms with van der Waals surface area (Å²) in [5, 5.41) is 3.44. The van der Waals surface area contributed by atoms with Crippen molar-refractivity contribution >= 4 is 15.8 Å². The van der Waals surface area contributed by atoms with Gasteiger partial charge in [-0.1, -0.05) is 42.5 Å². The number of likely N-dealkylation sites (N-methyl/N-ethyl adjacent to an activating group) is 1. The molecule has 7 nitrogen and oxygen atoms in total. The Morgan fingerprint density at radius 1 is 0.879 bits per heavy atom. The van der Waals surface area contributed by atoms with Gasteiger partial charge < -0.3 is 10.2 Å². The van der Waals surface area contributed by atoms with Crippen LogP contribution in [0.5, 0.6) is 0 Å². The molecular formula is C25H31N5O2S. The second-order valence-corrected chi connectivity index (χ2v) is 10.5. The predicted molar refractivity (Wildman–Crippen MR) is 131 cm³/mol. The Labute approximate surface area is 196 Å². The van der Waals surface area contributed by atoms with E-state index in [1.54, 1.807) is 16.4 Å². The van der Waals surface area contributed by atoms with Gasteiger partial charge >= 0.3 is 0 Å². The largest absolute Gasteiger partial charge is 0.366 e. The van der Waals surface area contributed by atoms with Crippen molar-refractivity contribution in [2.45, 2.75) is 31.7 Å². The molecule has 174 valence electrons. The van der Waals surface area contributed by atoms with Gasteiger partial charge in [0.2, 0.25) is 10.0 Å². The van der Waals surface area contributed by atoms with E-state index in [2.05, 4.69) is 32.3 Å². The van der Waals surface area contributed by atoms with Crippen LogP contribution in [-0.2, 0) is 23.0 Å². The lowest BCUT2D eigenvalue weighted by molar-refractivity contribution is 0.222. The van der Waals surface area contributed by atoms with Crippen LogP contribution < -0.4 is 5.32 Å². The second kappa shape index (κ2) is 9.99. The standard InChI is InChI=1S/C25H31N5O2S/c1-19-24(17-21-7-5-4-6-8-21)25(28-20(2)27-19)26-18-22-9-11-23(12-10-22)33(31,32)30-15-13-29(3)14-16-30/h4-12H,13-18H2,1-3H3,(H,26,27,28). The average molecular weight is 466 g/mol. The van der Waals surface area contributed by atoms with Gasteiger partial charge in [-0.2, -0.15) is 4.31 Å². The molecule has 0 amide bonds. The van der Waals surface area contributed by atoms with E-state index in [0.29, 0.717) is 24.5 Å². The van der Waals surface area contributed by atoms with E-state index in [4.69, 9.17) is 0 Å². The molecule has 0 bridgehead atoms. The topological polar surface area (TPSA) is 78.4 Å². The summed E-state index contributed by atoms with van der Waals surface area (Å²) in [6.45, 7) is 7.01. The van der Waals surface area contributed by atoms with Crippen molar-refractivity contribution < 1.29 is 8.42 Å². The Morgan fingerprint density at radius 3 is 2.21 bits per heavy atom. The molecule has 1 N–H and O–H groups in total. The van der Waals surface area contributed by atoms with Crippen LogP contribution in [0.2, 0.25) is 0 Å². The van der Waals surface area contributed by atoms with E-state index in [-0.39, 0.29) is 0 Å². The zero-order valence-electron chi connectivity index (χ0n) is 19.5. The zero-order valence-corrected chi connectivity index (χ0v) is 20.3. The summed E-state index contributed by atoms with van der Waals surface area (Å²) in [5.74, 6) is 1.54. The van der Waals surface area contributed by atoms with E-state index < -0.39 is 10.0 Å². The molecule has 1 aromatic heterocycles. The number of aryl methyl sites for hydroxylation is 2. The van der Waals surface area contributed by atoms with Gasteiger partial charge in [-0.25, -0.2) is 18.4 Å². The van der Waals surface area contributed by atoms with E-state index in [1.807, 2.05) is 51.2 Å². The molecule has 1 aliphatic rings. The molecule has 0 radical (unpaired) electrons. The fourth-order valence-electron chi connectivity index (χ4n) is 4.04. The van der Waals surface area contributed by atoms with E-state index in [0.717, 1.165) is 48.0 Å². The van der Waals surface area contributed by atoms with Crippen LogP contribution in [0, 0.1) is 13.8 Å². The van der Waals surface area contributed by atoms with Crippen molar-refractivity contribution in [2.75, 3.05) is 38.5 Å². The summed E-state index contributed by atoms with van der Waals surface area (Å²) < 4.78 is 27.5. The highest BCUT2D eigenvalue weighted by molar-refractivity contribution is 7.89. The molecule has 1 fully saturated rings. The maximum atomic E-state index is 13.0.